The van der Waals surface area contributed by atoms with Gasteiger partial charge >= 0.3 is 0 Å². The van der Waals surface area contributed by atoms with Crippen molar-refractivity contribution in [1.82, 2.24) is 4.90 Å². The maximum atomic E-state index is 6.20. The summed E-state index contributed by atoms with van der Waals surface area (Å²) in [5.74, 6) is 0. The number of rotatable bonds is 5. The van der Waals surface area contributed by atoms with Crippen molar-refractivity contribution in [1.29, 1.82) is 0 Å². The third-order valence-electron chi connectivity index (χ3n) is 3.88. The molecule has 0 aliphatic carbocycles. The Kier molecular flexibility index (Phi) is 4.93. The molecule has 0 radical (unpaired) electrons. The number of likely N-dealkylation sites (tertiary alicyclic amines) is 1. The first-order chi connectivity index (χ1) is 9.17. The van der Waals surface area contributed by atoms with Crippen LogP contribution in [0.3, 0.4) is 0 Å². The second kappa shape index (κ2) is 6.48. The van der Waals surface area contributed by atoms with Crippen LogP contribution in [0.1, 0.15) is 18.5 Å². The Labute approximate surface area is 115 Å². The van der Waals surface area contributed by atoms with Crippen LogP contribution < -0.4 is 5.73 Å². The minimum Gasteiger partial charge on any atom is -0.377 e. The van der Waals surface area contributed by atoms with Gasteiger partial charge in [-0.2, -0.15) is 0 Å². The summed E-state index contributed by atoms with van der Waals surface area (Å²) in [5.41, 5.74) is 7.45. The molecule has 1 heterocycles. The average Bonchev–Trinajstić information content (AvgIpc) is 2.82. The third kappa shape index (κ3) is 3.15. The predicted octanol–water partition coefficient (Wildman–Crippen LogP) is 1.42. The SMILES string of the molecule is COC1CN(C(c2ccccc2)C(C)N)CC1OC. The fraction of sp³-hybridized carbons (Fsp3) is 0.600. The summed E-state index contributed by atoms with van der Waals surface area (Å²) in [6, 6.07) is 10.7. The van der Waals surface area contributed by atoms with Gasteiger partial charge in [0.2, 0.25) is 0 Å². The molecule has 4 heteroatoms. The molecule has 2 N–H and O–H groups in total. The molecule has 0 spiro atoms. The number of nitrogens with two attached hydrogens (primary N) is 1. The van der Waals surface area contributed by atoms with Crippen LogP contribution in [-0.4, -0.2) is 50.5 Å². The van der Waals surface area contributed by atoms with Crippen LogP contribution in [0, 0.1) is 0 Å². The molecule has 1 fully saturated rings. The van der Waals surface area contributed by atoms with Crippen molar-refractivity contribution in [3.05, 3.63) is 35.9 Å². The molecule has 0 saturated carbocycles. The van der Waals surface area contributed by atoms with Crippen LogP contribution in [0.5, 0.6) is 0 Å². The van der Waals surface area contributed by atoms with Gasteiger partial charge in [0.15, 0.2) is 0 Å². The highest BCUT2D eigenvalue weighted by Gasteiger charge is 2.38. The Morgan fingerprint density at radius 1 is 1.11 bits per heavy atom. The maximum Gasteiger partial charge on any atom is 0.0972 e. The average molecular weight is 264 g/mol. The number of ether oxygens (including phenoxy) is 2. The van der Waals surface area contributed by atoms with E-state index in [-0.39, 0.29) is 24.3 Å². The van der Waals surface area contributed by atoms with E-state index in [0.29, 0.717) is 0 Å². The molecule has 4 unspecified atom stereocenters. The second-order valence-electron chi connectivity index (χ2n) is 5.22. The zero-order valence-corrected chi connectivity index (χ0v) is 12.0. The summed E-state index contributed by atoms with van der Waals surface area (Å²) in [4.78, 5) is 2.36. The minimum absolute atomic E-state index is 0.0653. The van der Waals surface area contributed by atoms with Gasteiger partial charge in [0.05, 0.1) is 12.2 Å². The Balaban J connectivity index is 2.18. The van der Waals surface area contributed by atoms with E-state index in [4.69, 9.17) is 15.2 Å². The zero-order chi connectivity index (χ0) is 13.8. The molecular formula is C15H24N2O2. The van der Waals surface area contributed by atoms with Crippen LogP contribution in [0.25, 0.3) is 0 Å². The number of hydrogen-bond acceptors (Lipinski definition) is 4. The molecule has 1 aliphatic heterocycles. The predicted molar refractivity (Wildman–Crippen MR) is 76.0 cm³/mol. The van der Waals surface area contributed by atoms with Crippen molar-refractivity contribution in [2.75, 3.05) is 27.3 Å². The fourth-order valence-corrected chi connectivity index (χ4v) is 2.95. The van der Waals surface area contributed by atoms with E-state index in [1.54, 1.807) is 14.2 Å². The largest absolute Gasteiger partial charge is 0.377 e. The number of hydrogen-bond donors (Lipinski definition) is 1. The van der Waals surface area contributed by atoms with Gasteiger partial charge in [0.1, 0.15) is 0 Å². The summed E-state index contributed by atoms with van der Waals surface area (Å²) in [6.07, 6.45) is 0.241. The molecule has 2 rings (SSSR count). The van der Waals surface area contributed by atoms with Gasteiger partial charge in [0, 0.05) is 39.4 Å². The highest BCUT2D eigenvalue weighted by molar-refractivity contribution is 5.21. The Hall–Kier alpha value is -0.940. The van der Waals surface area contributed by atoms with Crippen LogP contribution in [0.2, 0.25) is 0 Å². The summed E-state index contributed by atoms with van der Waals surface area (Å²) >= 11 is 0. The van der Waals surface area contributed by atoms with Crippen molar-refractivity contribution in [3.63, 3.8) is 0 Å². The van der Waals surface area contributed by atoms with Crippen molar-refractivity contribution in [2.24, 2.45) is 5.73 Å². The molecule has 4 atom stereocenters. The summed E-state index contributed by atoms with van der Waals surface area (Å²) < 4.78 is 11.0. The molecule has 0 bridgehead atoms. The topological polar surface area (TPSA) is 47.7 Å². The number of nitrogens with zero attached hydrogens (tertiary/aromatic N) is 1. The van der Waals surface area contributed by atoms with Crippen molar-refractivity contribution >= 4 is 0 Å². The third-order valence-corrected chi connectivity index (χ3v) is 3.88. The molecular weight excluding hydrogens is 240 g/mol. The number of methoxy groups -OCH3 is 2. The maximum absolute atomic E-state index is 6.20. The molecule has 1 aromatic rings. The first kappa shape index (κ1) is 14.5. The quantitative estimate of drug-likeness (QED) is 0.874. The van der Waals surface area contributed by atoms with E-state index in [2.05, 4.69) is 36.1 Å². The smallest absolute Gasteiger partial charge is 0.0972 e. The molecule has 1 aliphatic rings. The van der Waals surface area contributed by atoms with Crippen LogP contribution in [0.15, 0.2) is 30.3 Å². The van der Waals surface area contributed by atoms with Crippen molar-refractivity contribution in [2.45, 2.75) is 31.2 Å². The summed E-state index contributed by atoms with van der Waals surface area (Å²) in [7, 11) is 3.48. The van der Waals surface area contributed by atoms with Crippen LogP contribution >= 0.6 is 0 Å². The molecule has 1 aromatic carbocycles. The lowest BCUT2D eigenvalue weighted by Gasteiger charge is -2.31. The molecule has 4 nitrogen and oxygen atoms in total. The fourth-order valence-electron chi connectivity index (χ4n) is 2.95. The molecule has 19 heavy (non-hydrogen) atoms. The summed E-state index contributed by atoms with van der Waals surface area (Å²) in [6.45, 7) is 3.77. The van der Waals surface area contributed by atoms with Gasteiger partial charge in [-0.3, -0.25) is 4.90 Å². The van der Waals surface area contributed by atoms with Crippen molar-refractivity contribution in [3.8, 4) is 0 Å². The van der Waals surface area contributed by atoms with E-state index in [1.165, 1.54) is 5.56 Å². The first-order valence-corrected chi connectivity index (χ1v) is 6.77. The normalized spacial score (nSPS) is 27.4. The van der Waals surface area contributed by atoms with Crippen LogP contribution in [0.4, 0.5) is 0 Å². The Morgan fingerprint density at radius 2 is 1.63 bits per heavy atom. The minimum atomic E-state index is 0.0653. The Morgan fingerprint density at radius 3 is 2.05 bits per heavy atom. The Bertz CT molecular complexity index is 371. The van der Waals surface area contributed by atoms with E-state index < -0.39 is 0 Å². The van der Waals surface area contributed by atoms with Crippen molar-refractivity contribution < 1.29 is 9.47 Å². The second-order valence-corrected chi connectivity index (χ2v) is 5.22. The van der Waals surface area contributed by atoms with E-state index in [1.807, 2.05) is 6.07 Å². The van der Waals surface area contributed by atoms with Gasteiger partial charge in [-0.05, 0) is 12.5 Å². The van der Waals surface area contributed by atoms with Gasteiger partial charge in [-0.1, -0.05) is 30.3 Å². The lowest BCUT2D eigenvalue weighted by atomic mass is 10.00. The lowest BCUT2D eigenvalue weighted by Crippen LogP contribution is -2.39. The monoisotopic (exact) mass is 264 g/mol. The highest BCUT2D eigenvalue weighted by atomic mass is 16.5. The lowest BCUT2D eigenvalue weighted by molar-refractivity contribution is -0.00461. The molecule has 1 saturated heterocycles. The van der Waals surface area contributed by atoms with Gasteiger partial charge in [0.25, 0.3) is 0 Å². The molecule has 106 valence electrons. The molecule has 0 aromatic heterocycles. The van der Waals surface area contributed by atoms with Gasteiger partial charge < -0.3 is 15.2 Å². The number of benzene rings is 1. The first-order valence-electron chi connectivity index (χ1n) is 6.77. The van der Waals surface area contributed by atoms with Crippen LogP contribution in [-0.2, 0) is 9.47 Å². The zero-order valence-electron chi connectivity index (χ0n) is 12.0. The van der Waals surface area contributed by atoms with E-state index in [0.717, 1.165) is 13.1 Å². The van der Waals surface area contributed by atoms with Gasteiger partial charge in [-0.15, -0.1) is 0 Å². The van der Waals surface area contributed by atoms with E-state index >= 15 is 0 Å². The van der Waals surface area contributed by atoms with E-state index in [9.17, 15) is 0 Å². The molecule has 0 amide bonds. The summed E-state index contributed by atoms with van der Waals surface area (Å²) in [5, 5.41) is 0. The highest BCUT2D eigenvalue weighted by Crippen LogP contribution is 2.29. The van der Waals surface area contributed by atoms with Gasteiger partial charge in [-0.25, -0.2) is 0 Å². The standard InChI is InChI=1S/C15H24N2O2/c1-11(16)15(12-7-5-4-6-8-12)17-9-13(18-2)14(10-17)19-3/h4-8,11,13-15H,9-10,16H2,1-3H3.